The molecule has 1 heterocycles. The molecule has 7 heteroatoms. The number of hydrogen-bond donors (Lipinski definition) is 2. The van der Waals surface area contributed by atoms with Crippen molar-refractivity contribution < 1.29 is 14.4 Å². The monoisotopic (exact) mass is 293 g/mol. The maximum absolute atomic E-state index is 11.5. The molecule has 1 aliphatic rings. The highest BCUT2D eigenvalue weighted by Gasteiger charge is 2.29. The van der Waals surface area contributed by atoms with Gasteiger partial charge in [0.25, 0.3) is 5.24 Å². The third-order valence-electron chi connectivity index (χ3n) is 2.76. The normalized spacial score (nSPS) is 14.5. The molecule has 1 aromatic carbocycles. The number of hydrogen-bond acceptors (Lipinski definition) is 4. The van der Waals surface area contributed by atoms with E-state index in [0.29, 0.717) is 6.54 Å². The number of benzene rings is 1. The molecule has 6 nitrogen and oxygen atoms in total. The Bertz CT molecular complexity index is 491. The van der Waals surface area contributed by atoms with Crippen LogP contribution in [0, 0.1) is 0 Å². The summed E-state index contributed by atoms with van der Waals surface area (Å²) in [5, 5.41) is 5.07. The van der Waals surface area contributed by atoms with Crippen molar-refractivity contribution >= 4 is 28.9 Å². The fourth-order valence-corrected chi connectivity index (χ4v) is 2.47. The second-order valence-electron chi connectivity index (χ2n) is 4.20. The first-order valence-electron chi connectivity index (χ1n) is 6.19. The number of nitrogens with zero attached hydrogens (tertiary/aromatic N) is 1. The molecule has 0 atom stereocenters. The van der Waals surface area contributed by atoms with Gasteiger partial charge < -0.3 is 10.6 Å². The molecule has 1 aliphatic heterocycles. The van der Waals surface area contributed by atoms with Crippen LogP contribution >= 0.6 is 11.8 Å². The highest BCUT2D eigenvalue weighted by Crippen LogP contribution is 2.17. The number of urea groups is 1. The minimum absolute atomic E-state index is 0.193. The molecular weight excluding hydrogens is 278 g/mol. The summed E-state index contributed by atoms with van der Waals surface area (Å²) >= 11 is 0.989. The quantitative estimate of drug-likeness (QED) is 0.854. The molecule has 2 rings (SSSR count). The van der Waals surface area contributed by atoms with Crippen molar-refractivity contribution in [3.8, 4) is 0 Å². The minimum Gasteiger partial charge on any atom is -0.336 e. The molecule has 0 aromatic heterocycles. The standard InChI is InChI=1S/C13H15N3O3S/c17-11-9-20-13(19)16(11)7-6-14-12(18)15-8-10-4-2-1-3-5-10/h1-5H,6-9H2,(H2,14,15,18). The number of nitrogens with one attached hydrogen (secondary N) is 2. The Morgan fingerprint density at radius 1 is 1.20 bits per heavy atom. The van der Waals surface area contributed by atoms with E-state index >= 15 is 0 Å². The van der Waals surface area contributed by atoms with E-state index in [0.717, 1.165) is 22.2 Å². The summed E-state index contributed by atoms with van der Waals surface area (Å²) in [5.41, 5.74) is 1.00. The molecular formula is C13H15N3O3S. The number of thioether (sulfide) groups is 1. The fourth-order valence-electron chi connectivity index (χ4n) is 1.72. The van der Waals surface area contributed by atoms with Crippen molar-refractivity contribution in [1.29, 1.82) is 0 Å². The lowest BCUT2D eigenvalue weighted by Crippen LogP contribution is -2.41. The van der Waals surface area contributed by atoms with Crippen molar-refractivity contribution in [1.82, 2.24) is 15.5 Å². The second kappa shape index (κ2) is 6.95. The van der Waals surface area contributed by atoms with Crippen LogP contribution < -0.4 is 10.6 Å². The van der Waals surface area contributed by atoms with Crippen LogP contribution in [-0.2, 0) is 11.3 Å². The Hall–Kier alpha value is -2.02. The van der Waals surface area contributed by atoms with Crippen LogP contribution in [-0.4, -0.2) is 40.9 Å². The average Bonchev–Trinajstić information content (AvgIpc) is 2.78. The van der Waals surface area contributed by atoms with Crippen LogP contribution in [0.15, 0.2) is 30.3 Å². The fraction of sp³-hybridized carbons (Fsp3) is 0.308. The smallest absolute Gasteiger partial charge is 0.315 e. The van der Waals surface area contributed by atoms with Crippen molar-refractivity contribution in [2.24, 2.45) is 0 Å². The first-order valence-corrected chi connectivity index (χ1v) is 7.18. The van der Waals surface area contributed by atoms with E-state index in [1.54, 1.807) is 0 Å². The zero-order valence-electron chi connectivity index (χ0n) is 10.8. The van der Waals surface area contributed by atoms with E-state index in [9.17, 15) is 14.4 Å². The third kappa shape index (κ3) is 3.99. The SMILES string of the molecule is O=C(NCCN1C(=O)CSC1=O)NCc1ccccc1. The van der Waals surface area contributed by atoms with Gasteiger partial charge in [0.2, 0.25) is 5.91 Å². The van der Waals surface area contributed by atoms with E-state index in [4.69, 9.17) is 0 Å². The number of amides is 4. The maximum Gasteiger partial charge on any atom is 0.315 e. The van der Waals surface area contributed by atoms with Crippen molar-refractivity contribution in [3.63, 3.8) is 0 Å². The van der Waals surface area contributed by atoms with E-state index in [1.807, 2.05) is 30.3 Å². The van der Waals surface area contributed by atoms with Gasteiger partial charge in [-0.3, -0.25) is 14.5 Å². The lowest BCUT2D eigenvalue weighted by molar-refractivity contribution is -0.124. The first-order chi connectivity index (χ1) is 9.66. The molecule has 0 bridgehead atoms. The number of carbonyl (C=O) groups excluding carboxylic acids is 3. The second-order valence-corrected chi connectivity index (χ2v) is 5.12. The molecule has 106 valence electrons. The Morgan fingerprint density at radius 2 is 1.95 bits per heavy atom. The molecule has 1 saturated heterocycles. The summed E-state index contributed by atoms with van der Waals surface area (Å²) in [7, 11) is 0. The summed E-state index contributed by atoms with van der Waals surface area (Å²) in [5.74, 6) is -0.00883. The summed E-state index contributed by atoms with van der Waals surface area (Å²) in [6.45, 7) is 0.895. The minimum atomic E-state index is -0.319. The molecule has 0 saturated carbocycles. The summed E-state index contributed by atoms with van der Waals surface area (Å²) in [6.07, 6.45) is 0. The van der Waals surface area contributed by atoms with Crippen LogP contribution in [0.4, 0.5) is 9.59 Å². The third-order valence-corrected chi connectivity index (χ3v) is 3.62. The van der Waals surface area contributed by atoms with Gasteiger partial charge in [0, 0.05) is 19.6 Å². The molecule has 1 aromatic rings. The van der Waals surface area contributed by atoms with Crippen molar-refractivity contribution in [3.05, 3.63) is 35.9 Å². The van der Waals surface area contributed by atoms with Gasteiger partial charge in [-0.15, -0.1) is 0 Å². The average molecular weight is 293 g/mol. The van der Waals surface area contributed by atoms with Crippen LogP contribution in [0.2, 0.25) is 0 Å². The van der Waals surface area contributed by atoms with Crippen molar-refractivity contribution in [2.45, 2.75) is 6.54 Å². The highest BCUT2D eigenvalue weighted by molar-refractivity contribution is 8.14. The predicted octanol–water partition coefficient (Wildman–Crippen LogP) is 1.18. The first kappa shape index (κ1) is 14.4. The van der Waals surface area contributed by atoms with Gasteiger partial charge in [0.05, 0.1) is 5.75 Å². The van der Waals surface area contributed by atoms with Crippen LogP contribution in [0.1, 0.15) is 5.56 Å². The van der Waals surface area contributed by atoms with Gasteiger partial charge in [-0.25, -0.2) is 4.79 Å². The van der Waals surface area contributed by atoms with E-state index in [2.05, 4.69) is 10.6 Å². The molecule has 0 spiro atoms. The van der Waals surface area contributed by atoms with E-state index in [1.165, 1.54) is 0 Å². The maximum atomic E-state index is 11.5. The van der Waals surface area contributed by atoms with Gasteiger partial charge in [0.15, 0.2) is 0 Å². The summed E-state index contributed by atoms with van der Waals surface area (Å²) < 4.78 is 0. The summed E-state index contributed by atoms with van der Waals surface area (Å²) in [4.78, 5) is 35.3. The highest BCUT2D eigenvalue weighted by atomic mass is 32.2. The Kier molecular flexibility index (Phi) is 5.00. The summed E-state index contributed by atoms with van der Waals surface area (Å²) in [6, 6.07) is 9.22. The molecule has 0 radical (unpaired) electrons. The lowest BCUT2D eigenvalue weighted by atomic mass is 10.2. The Morgan fingerprint density at radius 3 is 2.60 bits per heavy atom. The van der Waals surface area contributed by atoms with Gasteiger partial charge in [-0.1, -0.05) is 42.1 Å². The molecule has 0 unspecified atom stereocenters. The van der Waals surface area contributed by atoms with Crippen LogP contribution in [0.5, 0.6) is 0 Å². The van der Waals surface area contributed by atoms with Crippen molar-refractivity contribution in [2.75, 3.05) is 18.8 Å². The Balaban J connectivity index is 1.65. The number of rotatable bonds is 5. The van der Waals surface area contributed by atoms with E-state index < -0.39 is 0 Å². The van der Waals surface area contributed by atoms with Gasteiger partial charge in [-0.2, -0.15) is 0 Å². The van der Waals surface area contributed by atoms with Crippen LogP contribution in [0.25, 0.3) is 0 Å². The Labute approximate surface area is 120 Å². The molecule has 1 fully saturated rings. The number of carbonyl (C=O) groups is 3. The largest absolute Gasteiger partial charge is 0.336 e. The topological polar surface area (TPSA) is 78.5 Å². The number of imide groups is 1. The zero-order valence-corrected chi connectivity index (χ0v) is 11.6. The molecule has 20 heavy (non-hydrogen) atoms. The molecule has 2 N–H and O–H groups in total. The van der Waals surface area contributed by atoms with Gasteiger partial charge in [0.1, 0.15) is 0 Å². The van der Waals surface area contributed by atoms with Gasteiger partial charge in [-0.05, 0) is 5.56 Å². The van der Waals surface area contributed by atoms with Crippen LogP contribution in [0.3, 0.4) is 0 Å². The van der Waals surface area contributed by atoms with Gasteiger partial charge >= 0.3 is 6.03 Å². The van der Waals surface area contributed by atoms with E-state index in [-0.39, 0.29) is 36.0 Å². The predicted molar refractivity (Wildman–Crippen MR) is 76.2 cm³/mol. The zero-order chi connectivity index (χ0) is 14.4. The lowest BCUT2D eigenvalue weighted by Gasteiger charge is -2.13. The molecule has 4 amide bonds. The molecule has 0 aliphatic carbocycles.